The number of rotatable bonds is 9. The SMILES string of the molecule is COc1cc(C2C(=C(O)c3ccc(C)cc3)C(=O)C(=O)N2CCN2CCOCC2)ccc1OCc1ccccc1. The number of nitrogens with zero attached hydrogens (tertiary/aromatic N) is 2. The molecule has 5 rings (SSSR count). The van der Waals surface area contributed by atoms with Crippen molar-refractivity contribution in [3.8, 4) is 11.5 Å². The Morgan fingerprint density at radius 2 is 1.68 bits per heavy atom. The maximum absolute atomic E-state index is 13.4. The number of aliphatic hydroxyl groups excluding tert-OH is 1. The molecule has 0 aliphatic carbocycles. The molecule has 2 aliphatic heterocycles. The van der Waals surface area contributed by atoms with Gasteiger partial charge in [-0.05, 0) is 30.2 Å². The topological polar surface area (TPSA) is 88.5 Å². The maximum atomic E-state index is 13.4. The first kappa shape index (κ1) is 27.4. The number of benzene rings is 3. The van der Waals surface area contributed by atoms with E-state index in [9.17, 15) is 14.7 Å². The molecule has 1 N–H and O–H groups in total. The number of ether oxygens (including phenoxy) is 3. The third-order valence-corrected chi connectivity index (χ3v) is 7.37. The van der Waals surface area contributed by atoms with Gasteiger partial charge in [0.1, 0.15) is 12.4 Å². The molecule has 2 aliphatic rings. The van der Waals surface area contributed by atoms with Gasteiger partial charge in [-0.2, -0.15) is 0 Å². The second-order valence-electron chi connectivity index (χ2n) is 10.00. The van der Waals surface area contributed by atoms with Crippen molar-refractivity contribution in [1.29, 1.82) is 0 Å². The third-order valence-electron chi connectivity index (χ3n) is 7.37. The first-order valence-electron chi connectivity index (χ1n) is 13.5. The van der Waals surface area contributed by atoms with E-state index >= 15 is 0 Å². The van der Waals surface area contributed by atoms with E-state index in [4.69, 9.17) is 14.2 Å². The molecule has 3 aromatic carbocycles. The Morgan fingerprint density at radius 3 is 2.38 bits per heavy atom. The average Bonchev–Trinajstić information content (AvgIpc) is 3.25. The van der Waals surface area contributed by atoms with Crippen LogP contribution in [0, 0.1) is 6.92 Å². The number of ketones is 1. The standard InChI is InChI=1S/C32H34N2O6/c1-22-8-10-24(11-9-22)30(35)28-29(34(32(37)31(28)36)15-14-33-16-18-39-19-17-33)25-12-13-26(27(20-25)38-2)40-21-23-6-4-3-5-7-23/h3-13,20,29,35H,14-19,21H2,1-2H3. The lowest BCUT2D eigenvalue weighted by Gasteiger charge is -2.31. The van der Waals surface area contributed by atoms with Gasteiger partial charge in [-0.3, -0.25) is 14.5 Å². The lowest BCUT2D eigenvalue weighted by Crippen LogP contribution is -2.42. The van der Waals surface area contributed by atoms with Gasteiger partial charge in [0.2, 0.25) is 0 Å². The number of morpholine rings is 1. The number of aliphatic hydroxyl groups is 1. The average molecular weight is 543 g/mol. The Labute approximate surface area is 234 Å². The molecule has 2 saturated heterocycles. The number of amides is 1. The molecule has 0 radical (unpaired) electrons. The lowest BCUT2D eigenvalue weighted by atomic mass is 9.94. The van der Waals surface area contributed by atoms with Crippen LogP contribution >= 0.6 is 0 Å². The molecule has 1 amide bonds. The van der Waals surface area contributed by atoms with Crippen LogP contribution < -0.4 is 9.47 Å². The number of carbonyl (C=O) groups is 2. The molecule has 2 heterocycles. The summed E-state index contributed by atoms with van der Waals surface area (Å²) in [7, 11) is 1.55. The molecule has 0 bridgehead atoms. The number of methoxy groups -OCH3 is 1. The molecule has 0 spiro atoms. The molecular formula is C32H34N2O6. The van der Waals surface area contributed by atoms with Crippen LogP contribution in [-0.4, -0.2) is 73.1 Å². The van der Waals surface area contributed by atoms with E-state index in [1.807, 2.05) is 55.5 Å². The second-order valence-corrected chi connectivity index (χ2v) is 10.00. The number of hydrogen-bond acceptors (Lipinski definition) is 7. The highest BCUT2D eigenvalue weighted by Crippen LogP contribution is 2.42. The fourth-order valence-corrected chi connectivity index (χ4v) is 5.11. The van der Waals surface area contributed by atoms with Gasteiger partial charge in [0.15, 0.2) is 11.5 Å². The summed E-state index contributed by atoms with van der Waals surface area (Å²) in [4.78, 5) is 30.6. The summed E-state index contributed by atoms with van der Waals surface area (Å²) in [6.07, 6.45) is 0. The van der Waals surface area contributed by atoms with Gasteiger partial charge in [-0.1, -0.05) is 66.2 Å². The van der Waals surface area contributed by atoms with Crippen LogP contribution in [0.15, 0.2) is 78.4 Å². The zero-order valence-electron chi connectivity index (χ0n) is 22.8. The zero-order chi connectivity index (χ0) is 28.1. The van der Waals surface area contributed by atoms with Crippen LogP contribution in [0.3, 0.4) is 0 Å². The van der Waals surface area contributed by atoms with Crippen molar-refractivity contribution < 1.29 is 28.9 Å². The van der Waals surface area contributed by atoms with Crippen molar-refractivity contribution in [3.05, 3.63) is 101 Å². The minimum Gasteiger partial charge on any atom is -0.507 e. The molecule has 3 aromatic rings. The van der Waals surface area contributed by atoms with Gasteiger partial charge in [0.25, 0.3) is 11.7 Å². The molecule has 208 valence electrons. The van der Waals surface area contributed by atoms with Crippen molar-refractivity contribution in [2.75, 3.05) is 46.5 Å². The molecular weight excluding hydrogens is 508 g/mol. The number of hydrogen-bond donors (Lipinski definition) is 1. The Morgan fingerprint density at radius 1 is 0.950 bits per heavy atom. The summed E-state index contributed by atoms with van der Waals surface area (Å²) in [5.41, 5.74) is 3.24. The minimum atomic E-state index is -0.778. The van der Waals surface area contributed by atoms with E-state index in [0.717, 1.165) is 24.2 Å². The van der Waals surface area contributed by atoms with Gasteiger partial charge >= 0.3 is 0 Å². The first-order valence-corrected chi connectivity index (χ1v) is 13.5. The van der Waals surface area contributed by atoms with Crippen molar-refractivity contribution in [2.24, 2.45) is 0 Å². The number of carbonyl (C=O) groups excluding carboxylic acids is 2. The second kappa shape index (κ2) is 12.4. The predicted octanol–water partition coefficient (Wildman–Crippen LogP) is 4.34. The molecule has 2 fully saturated rings. The van der Waals surface area contributed by atoms with Crippen molar-refractivity contribution in [2.45, 2.75) is 19.6 Å². The monoisotopic (exact) mass is 542 g/mol. The van der Waals surface area contributed by atoms with Crippen LogP contribution in [0.2, 0.25) is 0 Å². The van der Waals surface area contributed by atoms with E-state index in [2.05, 4.69) is 4.90 Å². The van der Waals surface area contributed by atoms with Gasteiger partial charge in [-0.25, -0.2) is 0 Å². The van der Waals surface area contributed by atoms with E-state index in [1.165, 1.54) is 0 Å². The molecule has 40 heavy (non-hydrogen) atoms. The Hall–Kier alpha value is -4.14. The quantitative estimate of drug-likeness (QED) is 0.245. The first-order chi connectivity index (χ1) is 19.5. The van der Waals surface area contributed by atoms with Crippen molar-refractivity contribution in [3.63, 3.8) is 0 Å². The summed E-state index contributed by atoms with van der Waals surface area (Å²) in [6, 6.07) is 21.6. The zero-order valence-corrected chi connectivity index (χ0v) is 22.8. The summed E-state index contributed by atoms with van der Waals surface area (Å²) < 4.78 is 17.1. The fraction of sp³-hybridized carbons (Fsp3) is 0.312. The van der Waals surface area contributed by atoms with Gasteiger partial charge in [-0.15, -0.1) is 0 Å². The predicted molar refractivity (Wildman–Crippen MR) is 151 cm³/mol. The normalized spacial score (nSPS) is 19.1. The Kier molecular flexibility index (Phi) is 8.48. The molecule has 1 atom stereocenters. The van der Waals surface area contributed by atoms with Crippen LogP contribution in [0.1, 0.15) is 28.3 Å². The highest BCUT2D eigenvalue weighted by atomic mass is 16.5. The summed E-state index contributed by atoms with van der Waals surface area (Å²) in [5.74, 6) is -0.509. The maximum Gasteiger partial charge on any atom is 0.295 e. The molecule has 8 heteroatoms. The Bertz CT molecular complexity index is 1380. The van der Waals surface area contributed by atoms with E-state index in [0.29, 0.717) is 55.5 Å². The van der Waals surface area contributed by atoms with E-state index < -0.39 is 17.7 Å². The van der Waals surface area contributed by atoms with E-state index in [1.54, 1.807) is 36.3 Å². The van der Waals surface area contributed by atoms with E-state index in [-0.39, 0.29) is 11.3 Å². The number of aryl methyl sites for hydroxylation is 1. The summed E-state index contributed by atoms with van der Waals surface area (Å²) >= 11 is 0. The molecule has 0 aromatic heterocycles. The minimum absolute atomic E-state index is 0.0656. The lowest BCUT2D eigenvalue weighted by molar-refractivity contribution is -0.140. The highest BCUT2D eigenvalue weighted by molar-refractivity contribution is 6.46. The molecule has 0 saturated carbocycles. The van der Waals surface area contributed by atoms with Gasteiger partial charge < -0.3 is 24.2 Å². The number of Topliss-reactive ketones (excluding diaryl/α,β-unsaturated/α-hetero) is 1. The number of likely N-dealkylation sites (tertiary alicyclic amines) is 1. The van der Waals surface area contributed by atoms with Crippen LogP contribution in [0.25, 0.3) is 5.76 Å². The third kappa shape index (κ3) is 5.88. The molecule has 1 unspecified atom stereocenters. The Balaban J connectivity index is 1.50. The van der Waals surface area contributed by atoms with Crippen LogP contribution in [-0.2, 0) is 20.9 Å². The van der Waals surface area contributed by atoms with Gasteiger partial charge in [0, 0.05) is 31.7 Å². The fourth-order valence-electron chi connectivity index (χ4n) is 5.11. The van der Waals surface area contributed by atoms with Gasteiger partial charge in [0.05, 0.1) is 31.9 Å². The molecule has 8 nitrogen and oxygen atoms in total. The van der Waals surface area contributed by atoms with Crippen molar-refractivity contribution in [1.82, 2.24) is 9.80 Å². The van der Waals surface area contributed by atoms with Crippen molar-refractivity contribution >= 4 is 17.4 Å². The highest BCUT2D eigenvalue weighted by Gasteiger charge is 2.46. The van der Waals surface area contributed by atoms with Crippen LogP contribution in [0.4, 0.5) is 0 Å². The summed E-state index contributed by atoms with van der Waals surface area (Å²) in [5, 5.41) is 11.4. The van der Waals surface area contributed by atoms with Crippen LogP contribution in [0.5, 0.6) is 11.5 Å². The largest absolute Gasteiger partial charge is 0.507 e. The smallest absolute Gasteiger partial charge is 0.295 e. The summed E-state index contributed by atoms with van der Waals surface area (Å²) in [6.45, 7) is 6.03.